The van der Waals surface area contributed by atoms with Crippen LogP contribution in [0.1, 0.15) is 20.3 Å². The Hall–Kier alpha value is -2.25. The molecule has 1 unspecified atom stereocenters. The zero-order valence-corrected chi connectivity index (χ0v) is 10.6. The molecule has 2 rings (SSSR count). The van der Waals surface area contributed by atoms with Crippen molar-refractivity contribution in [2.45, 2.75) is 26.3 Å². The average Bonchev–Trinajstić information content (AvgIpc) is 2.92. The maximum atomic E-state index is 4.30. The molecule has 0 fully saturated rings. The summed E-state index contributed by atoms with van der Waals surface area (Å²) in [6.45, 7) is 4.16. The monoisotopic (exact) mass is 248 g/mol. The highest BCUT2D eigenvalue weighted by Crippen LogP contribution is 2.09. The molecule has 0 bridgehead atoms. The van der Waals surface area contributed by atoms with Crippen molar-refractivity contribution >= 4 is 11.9 Å². The van der Waals surface area contributed by atoms with Crippen molar-refractivity contribution < 1.29 is 0 Å². The van der Waals surface area contributed by atoms with Gasteiger partial charge in [0.2, 0.25) is 11.9 Å². The van der Waals surface area contributed by atoms with Gasteiger partial charge in [-0.05, 0) is 13.3 Å². The van der Waals surface area contributed by atoms with E-state index in [0.29, 0.717) is 23.9 Å². The number of nitrogens with zero attached hydrogens (tertiary/aromatic N) is 6. The lowest BCUT2D eigenvalue weighted by Crippen LogP contribution is -2.18. The van der Waals surface area contributed by atoms with E-state index in [4.69, 9.17) is 0 Å². The van der Waals surface area contributed by atoms with E-state index < -0.39 is 0 Å². The van der Waals surface area contributed by atoms with Gasteiger partial charge in [-0.25, -0.2) is 4.98 Å². The van der Waals surface area contributed by atoms with Gasteiger partial charge in [-0.2, -0.15) is 24.7 Å². The fourth-order valence-corrected chi connectivity index (χ4v) is 1.28. The van der Waals surface area contributed by atoms with E-state index in [9.17, 15) is 0 Å². The van der Waals surface area contributed by atoms with Crippen LogP contribution in [0.4, 0.5) is 11.9 Å². The zero-order chi connectivity index (χ0) is 13.0. The minimum Gasteiger partial charge on any atom is -0.357 e. The predicted molar refractivity (Wildman–Crippen MR) is 67.7 cm³/mol. The normalized spacial score (nSPS) is 12.2. The van der Waals surface area contributed by atoms with Crippen molar-refractivity contribution in [2.75, 3.05) is 17.7 Å². The van der Waals surface area contributed by atoms with Crippen molar-refractivity contribution in [3.8, 4) is 5.95 Å². The molecule has 0 radical (unpaired) electrons. The summed E-state index contributed by atoms with van der Waals surface area (Å²) in [5.41, 5.74) is 0. The number of hydrogen-bond donors (Lipinski definition) is 2. The van der Waals surface area contributed by atoms with Crippen molar-refractivity contribution in [1.82, 2.24) is 29.7 Å². The third kappa shape index (κ3) is 2.70. The largest absolute Gasteiger partial charge is 0.357 e. The van der Waals surface area contributed by atoms with Crippen LogP contribution in [0.3, 0.4) is 0 Å². The molecule has 96 valence electrons. The van der Waals surface area contributed by atoms with E-state index in [1.54, 1.807) is 13.4 Å². The summed E-state index contributed by atoms with van der Waals surface area (Å²) in [6, 6.07) is 0.292. The topological polar surface area (TPSA) is 93.4 Å². The fourth-order valence-electron chi connectivity index (χ4n) is 1.28. The molecule has 0 saturated heterocycles. The lowest BCUT2D eigenvalue weighted by atomic mass is 10.3. The minimum absolute atomic E-state index is 0.292. The van der Waals surface area contributed by atoms with Gasteiger partial charge in [0.25, 0.3) is 5.95 Å². The Morgan fingerprint density at radius 1 is 1.28 bits per heavy atom. The number of anilines is 2. The first-order valence-electron chi connectivity index (χ1n) is 5.78. The Labute approximate surface area is 105 Å². The summed E-state index contributed by atoms with van der Waals surface area (Å²) in [7, 11) is 1.76. The van der Waals surface area contributed by atoms with Crippen molar-refractivity contribution in [3.05, 3.63) is 12.7 Å². The first kappa shape index (κ1) is 12.2. The zero-order valence-electron chi connectivity index (χ0n) is 10.6. The van der Waals surface area contributed by atoms with Crippen LogP contribution < -0.4 is 10.6 Å². The Morgan fingerprint density at radius 2 is 2.06 bits per heavy atom. The van der Waals surface area contributed by atoms with Crippen molar-refractivity contribution in [1.29, 1.82) is 0 Å². The first-order chi connectivity index (χ1) is 8.72. The Morgan fingerprint density at radius 3 is 2.67 bits per heavy atom. The maximum Gasteiger partial charge on any atom is 0.258 e. The molecule has 0 aliphatic heterocycles. The molecule has 8 heteroatoms. The van der Waals surface area contributed by atoms with E-state index in [1.807, 2.05) is 0 Å². The van der Waals surface area contributed by atoms with Gasteiger partial charge in [0.1, 0.15) is 12.7 Å². The van der Waals surface area contributed by atoms with Gasteiger partial charge < -0.3 is 10.6 Å². The molecular formula is C10H16N8. The first-order valence-corrected chi connectivity index (χ1v) is 5.78. The van der Waals surface area contributed by atoms with E-state index in [-0.39, 0.29) is 0 Å². The molecular weight excluding hydrogens is 232 g/mol. The quantitative estimate of drug-likeness (QED) is 0.804. The highest BCUT2D eigenvalue weighted by molar-refractivity contribution is 5.37. The number of nitrogens with one attached hydrogen (secondary N) is 2. The average molecular weight is 248 g/mol. The van der Waals surface area contributed by atoms with Crippen LogP contribution in [0.2, 0.25) is 0 Å². The van der Waals surface area contributed by atoms with E-state index >= 15 is 0 Å². The highest BCUT2D eigenvalue weighted by atomic mass is 15.4. The van der Waals surface area contributed by atoms with E-state index in [1.165, 1.54) is 11.0 Å². The maximum absolute atomic E-state index is 4.30. The summed E-state index contributed by atoms with van der Waals surface area (Å²) < 4.78 is 1.49. The molecule has 0 aromatic carbocycles. The van der Waals surface area contributed by atoms with Gasteiger partial charge >= 0.3 is 0 Å². The minimum atomic E-state index is 0.292. The molecule has 0 saturated carbocycles. The molecule has 0 aliphatic rings. The summed E-state index contributed by atoms with van der Waals surface area (Å²) in [5.74, 6) is 1.44. The molecule has 0 amide bonds. The lowest BCUT2D eigenvalue weighted by Gasteiger charge is -2.12. The smallest absolute Gasteiger partial charge is 0.258 e. The standard InChI is InChI=1S/C10H16N8/c1-4-7(2)14-9-15-8(11-3)16-10(17-9)18-6-12-5-13-18/h5-7H,4H2,1-3H3,(H2,11,14,15,16,17). The number of hydrogen-bond acceptors (Lipinski definition) is 7. The Balaban J connectivity index is 2.33. The molecule has 2 heterocycles. The van der Waals surface area contributed by atoms with E-state index in [0.717, 1.165) is 6.42 Å². The number of aromatic nitrogens is 6. The molecule has 2 N–H and O–H groups in total. The number of rotatable bonds is 5. The highest BCUT2D eigenvalue weighted by Gasteiger charge is 2.09. The van der Waals surface area contributed by atoms with Gasteiger partial charge in [0, 0.05) is 13.1 Å². The molecule has 0 spiro atoms. The van der Waals surface area contributed by atoms with Crippen LogP contribution in [0.5, 0.6) is 0 Å². The molecule has 1 atom stereocenters. The second kappa shape index (κ2) is 5.39. The summed E-state index contributed by atoms with van der Waals surface area (Å²) in [4.78, 5) is 16.6. The molecule has 8 nitrogen and oxygen atoms in total. The van der Waals surface area contributed by atoms with Gasteiger partial charge in [-0.1, -0.05) is 6.92 Å². The predicted octanol–water partition coefficient (Wildman–Crippen LogP) is 0.704. The molecule has 2 aromatic rings. The second-order valence-electron chi connectivity index (χ2n) is 3.83. The third-order valence-corrected chi connectivity index (χ3v) is 2.46. The van der Waals surface area contributed by atoms with E-state index in [2.05, 4.69) is 49.5 Å². The third-order valence-electron chi connectivity index (χ3n) is 2.46. The Bertz CT molecular complexity index is 495. The van der Waals surface area contributed by atoms with Crippen molar-refractivity contribution in [2.24, 2.45) is 0 Å². The summed E-state index contributed by atoms with van der Waals surface area (Å²) in [5, 5.41) is 10.1. The van der Waals surface area contributed by atoms with Crippen LogP contribution >= 0.6 is 0 Å². The van der Waals surface area contributed by atoms with Crippen LogP contribution in [-0.2, 0) is 0 Å². The van der Waals surface area contributed by atoms with Gasteiger partial charge in [-0.15, -0.1) is 0 Å². The van der Waals surface area contributed by atoms with Crippen LogP contribution in [0.15, 0.2) is 12.7 Å². The summed E-state index contributed by atoms with van der Waals surface area (Å²) >= 11 is 0. The van der Waals surface area contributed by atoms with Crippen LogP contribution in [0.25, 0.3) is 5.95 Å². The van der Waals surface area contributed by atoms with Gasteiger partial charge in [-0.3, -0.25) is 0 Å². The van der Waals surface area contributed by atoms with Crippen molar-refractivity contribution in [3.63, 3.8) is 0 Å². The molecule has 0 aliphatic carbocycles. The Kier molecular flexibility index (Phi) is 3.66. The lowest BCUT2D eigenvalue weighted by molar-refractivity contribution is 0.740. The fraction of sp³-hybridized carbons (Fsp3) is 0.500. The van der Waals surface area contributed by atoms with Gasteiger partial charge in [0.05, 0.1) is 0 Å². The van der Waals surface area contributed by atoms with Crippen LogP contribution in [-0.4, -0.2) is 42.8 Å². The van der Waals surface area contributed by atoms with Gasteiger partial charge in [0.15, 0.2) is 0 Å². The second-order valence-corrected chi connectivity index (χ2v) is 3.83. The molecule has 18 heavy (non-hydrogen) atoms. The van der Waals surface area contributed by atoms with Crippen LogP contribution in [0, 0.1) is 0 Å². The molecule has 2 aromatic heterocycles. The summed E-state index contributed by atoms with van der Waals surface area (Å²) in [6.07, 6.45) is 3.96. The SMILES string of the molecule is CCC(C)Nc1nc(NC)nc(-n2cncn2)n1.